The van der Waals surface area contributed by atoms with E-state index in [9.17, 15) is 9.59 Å². The molecule has 0 bridgehead atoms. The summed E-state index contributed by atoms with van der Waals surface area (Å²) in [5.41, 5.74) is 1.27. The summed E-state index contributed by atoms with van der Waals surface area (Å²) in [5.74, 6) is -0.0884. The number of carbonyl (C=O) groups is 2. The molecular formula is C17H25N3O3. The van der Waals surface area contributed by atoms with Crippen LogP contribution in [0.15, 0.2) is 24.3 Å². The Morgan fingerprint density at radius 3 is 2.35 bits per heavy atom. The van der Waals surface area contributed by atoms with Crippen LogP contribution in [0.25, 0.3) is 0 Å². The Kier molecular flexibility index (Phi) is 5.13. The van der Waals surface area contributed by atoms with Gasteiger partial charge >= 0.3 is 6.09 Å². The lowest BCUT2D eigenvalue weighted by Gasteiger charge is -2.24. The van der Waals surface area contributed by atoms with E-state index in [2.05, 4.69) is 10.6 Å². The second kappa shape index (κ2) is 6.89. The number of likely N-dealkylation sites (tertiary alicyclic amines) is 1. The molecule has 1 aliphatic rings. The van der Waals surface area contributed by atoms with Crippen molar-refractivity contribution in [1.82, 2.24) is 4.90 Å². The molecule has 1 unspecified atom stereocenters. The van der Waals surface area contributed by atoms with E-state index in [-0.39, 0.29) is 18.0 Å². The van der Waals surface area contributed by atoms with Gasteiger partial charge in [-0.15, -0.1) is 0 Å². The highest BCUT2D eigenvalue weighted by molar-refractivity contribution is 5.88. The normalized spacial score (nSPS) is 17.7. The fourth-order valence-corrected chi connectivity index (χ4v) is 2.46. The molecule has 0 saturated carbocycles. The average molecular weight is 319 g/mol. The van der Waals surface area contributed by atoms with Gasteiger partial charge in [0.1, 0.15) is 5.60 Å². The maximum absolute atomic E-state index is 12.0. The van der Waals surface area contributed by atoms with E-state index in [1.165, 1.54) is 6.92 Å². The lowest BCUT2D eigenvalue weighted by atomic mass is 10.2. The van der Waals surface area contributed by atoms with E-state index in [0.717, 1.165) is 17.8 Å². The zero-order chi connectivity index (χ0) is 17.0. The molecule has 1 aromatic rings. The smallest absolute Gasteiger partial charge is 0.410 e. The van der Waals surface area contributed by atoms with Gasteiger partial charge in [0.05, 0.1) is 0 Å². The second-order valence-electron chi connectivity index (χ2n) is 6.81. The minimum atomic E-state index is -0.470. The van der Waals surface area contributed by atoms with Crippen molar-refractivity contribution < 1.29 is 14.3 Å². The van der Waals surface area contributed by atoms with Crippen LogP contribution in [0.1, 0.15) is 34.1 Å². The summed E-state index contributed by atoms with van der Waals surface area (Å²) < 4.78 is 5.39. The first kappa shape index (κ1) is 17.1. The van der Waals surface area contributed by atoms with Gasteiger partial charge in [0, 0.05) is 37.4 Å². The summed E-state index contributed by atoms with van der Waals surface area (Å²) in [4.78, 5) is 24.8. The predicted octanol–water partition coefficient (Wildman–Crippen LogP) is 3.07. The standard InChI is InChI=1S/C17H25N3O3/c1-12(21)18-13-5-7-14(8-6-13)19-15-9-10-20(11-15)16(22)23-17(2,3)4/h5-8,15,19H,9-11H2,1-4H3,(H,18,21). The fraction of sp³-hybridized carbons (Fsp3) is 0.529. The number of nitrogens with one attached hydrogen (secondary N) is 2. The molecule has 23 heavy (non-hydrogen) atoms. The summed E-state index contributed by atoms with van der Waals surface area (Å²) in [6.07, 6.45) is 0.620. The molecule has 1 atom stereocenters. The third-order valence-electron chi connectivity index (χ3n) is 3.42. The number of anilines is 2. The van der Waals surface area contributed by atoms with Gasteiger partial charge in [-0.05, 0) is 51.5 Å². The van der Waals surface area contributed by atoms with Crippen molar-refractivity contribution in [3.05, 3.63) is 24.3 Å². The van der Waals surface area contributed by atoms with Gasteiger partial charge in [-0.1, -0.05) is 0 Å². The van der Waals surface area contributed by atoms with E-state index in [1.54, 1.807) is 4.90 Å². The molecule has 2 rings (SSSR count). The molecule has 1 saturated heterocycles. The van der Waals surface area contributed by atoms with Gasteiger partial charge < -0.3 is 20.3 Å². The molecule has 1 aliphatic heterocycles. The number of nitrogens with zero attached hydrogens (tertiary/aromatic N) is 1. The Balaban J connectivity index is 1.85. The Morgan fingerprint density at radius 1 is 1.17 bits per heavy atom. The number of rotatable bonds is 3. The van der Waals surface area contributed by atoms with E-state index in [1.807, 2.05) is 45.0 Å². The molecule has 0 radical (unpaired) electrons. The van der Waals surface area contributed by atoms with E-state index < -0.39 is 5.60 Å². The molecule has 126 valence electrons. The van der Waals surface area contributed by atoms with Crippen LogP contribution in [-0.4, -0.2) is 41.6 Å². The first-order valence-corrected chi connectivity index (χ1v) is 7.85. The number of carbonyl (C=O) groups excluding carboxylic acids is 2. The van der Waals surface area contributed by atoms with Crippen molar-refractivity contribution in [2.75, 3.05) is 23.7 Å². The monoisotopic (exact) mass is 319 g/mol. The highest BCUT2D eigenvalue weighted by Crippen LogP contribution is 2.20. The average Bonchev–Trinajstić information content (AvgIpc) is 2.87. The van der Waals surface area contributed by atoms with Crippen molar-refractivity contribution in [3.8, 4) is 0 Å². The van der Waals surface area contributed by atoms with E-state index >= 15 is 0 Å². The molecule has 0 spiro atoms. The van der Waals surface area contributed by atoms with Crippen LogP contribution in [0.4, 0.5) is 16.2 Å². The summed E-state index contributed by atoms with van der Waals surface area (Å²) in [6.45, 7) is 8.41. The Labute approximate surface area is 137 Å². The number of hydrogen-bond donors (Lipinski definition) is 2. The first-order valence-electron chi connectivity index (χ1n) is 7.85. The third-order valence-corrected chi connectivity index (χ3v) is 3.42. The Morgan fingerprint density at radius 2 is 1.78 bits per heavy atom. The summed E-state index contributed by atoms with van der Waals surface area (Å²) >= 11 is 0. The lowest BCUT2D eigenvalue weighted by molar-refractivity contribution is -0.114. The zero-order valence-corrected chi connectivity index (χ0v) is 14.2. The van der Waals surface area contributed by atoms with Crippen molar-refractivity contribution in [1.29, 1.82) is 0 Å². The fourth-order valence-electron chi connectivity index (χ4n) is 2.46. The molecule has 1 fully saturated rings. The molecule has 6 nitrogen and oxygen atoms in total. The first-order chi connectivity index (χ1) is 10.7. The van der Waals surface area contributed by atoms with Crippen LogP contribution in [0, 0.1) is 0 Å². The lowest BCUT2D eigenvalue weighted by Crippen LogP contribution is -2.36. The van der Waals surface area contributed by atoms with Gasteiger partial charge in [0.2, 0.25) is 5.91 Å². The van der Waals surface area contributed by atoms with Crippen molar-refractivity contribution >= 4 is 23.4 Å². The Bertz CT molecular complexity index is 563. The minimum absolute atomic E-state index is 0.0884. The number of hydrogen-bond acceptors (Lipinski definition) is 4. The van der Waals surface area contributed by atoms with Crippen molar-refractivity contribution in [2.45, 2.75) is 45.8 Å². The third kappa shape index (κ3) is 5.47. The summed E-state index contributed by atoms with van der Waals surface area (Å²) in [5, 5.41) is 6.14. The molecule has 1 heterocycles. The summed E-state index contributed by atoms with van der Waals surface area (Å²) in [6, 6.07) is 7.74. The maximum atomic E-state index is 12.0. The number of ether oxygens (including phenoxy) is 1. The zero-order valence-electron chi connectivity index (χ0n) is 14.2. The van der Waals surface area contributed by atoms with Crippen molar-refractivity contribution in [2.24, 2.45) is 0 Å². The van der Waals surface area contributed by atoms with Crippen LogP contribution in [0.3, 0.4) is 0 Å². The van der Waals surface area contributed by atoms with Gasteiger partial charge in [0.25, 0.3) is 0 Å². The predicted molar refractivity (Wildman–Crippen MR) is 90.6 cm³/mol. The molecule has 2 N–H and O–H groups in total. The quantitative estimate of drug-likeness (QED) is 0.898. The number of benzene rings is 1. The molecule has 0 aliphatic carbocycles. The molecular weight excluding hydrogens is 294 g/mol. The van der Waals surface area contributed by atoms with E-state index in [4.69, 9.17) is 4.74 Å². The summed E-state index contributed by atoms with van der Waals surface area (Å²) in [7, 11) is 0. The maximum Gasteiger partial charge on any atom is 0.410 e. The number of amides is 2. The van der Waals surface area contributed by atoms with Crippen LogP contribution in [-0.2, 0) is 9.53 Å². The van der Waals surface area contributed by atoms with Crippen LogP contribution in [0.2, 0.25) is 0 Å². The second-order valence-corrected chi connectivity index (χ2v) is 6.81. The highest BCUT2D eigenvalue weighted by Gasteiger charge is 2.29. The largest absolute Gasteiger partial charge is 0.444 e. The minimum Gasteiger partial charge on any atom is -0.444 e. The van der Waals surface area contributed by atoms with Crippen LogP contribution >= 0.6 is 0 Å². The van der Waals surface area contributed by atoms with Crippen LogP contribution in [0.5, 0.6) is 0 Å². The Hall–Kier alpha value is -2.24. The van der Waals surface area contributed by atoms with Gasteiger partial charge in [-0.25, -0.2) is 4.79 Å². The molecule has 6 heteroatoms. The van der Waals surface area contributed by atoms with Gasteiger partial charge in [-0.3, -0.25) is 4.79 Å². The topological polar surface area (TPSA) is 70.7 Å². The van der Waals surface area contributed by atoms with Crippen molar-refractivity contribution in [3.63, 3.8) is 0 Å². The molecule has 0 aromatic heterocycles. The SMILES string of the molecule is CC(=O)Nc1ccc(NC2CCN(C(=O)OC(C)(C)C)C2)cc1. The van der Waals surface area contributed by atoms with Gasteiger partial charge in [-0.2, -0.15) is 0 Å². The highest BCUT2D eigenvalue weighted by atomic mass is 16.6. The van der Waals surface area contributed by atoms with Gasteiger partial charge in [0.15, 0.2) is 0 Å². The van der Waals surface area contributed by atoms with Crippen LogP contribution < -0.4 is 10.6 Å². The van der Waals surface area contributed by atoms with E-state index in [0.29, 0.717) is 13.1 Å². The molecule has 2 amide bonds. The molecule has 1 aromatic carbocycles.